The van der Waals surface area contributed by atoms with Crippen molar-refractivity contribution in [1.29, 1.82) is 0 Å². The first-order valence-electron chi connectivity index (χ1n) is 13.8. The molecule has 0 aromatic rings. The lowest BCUT2D eigenvalue weighted by atomic mass is 9.44. The van der Waals surface area contributed by atoms with Crippen molar-refractivity contribution in [3.8, 4) is 0 Å². The van der Waals surface area contributed by atoms with Crippen LogP contribution in [0, 0.1) is 40.4 Å². The maximum atomic E-state index is 12.7. The molecule has 192 valence electrons. The summed E-state index contributed by atoms with van der Waals surface area (Å²) in [6.45, 7) is 12.4. The molecule has 4 fully saturated rings. The Morgan fingerprint density at radius 1 is 1.12 bits per heavy atom. The molecule has 0 heterocycles. The number of amides is 1. The molecule has 6 heteroatoms. The first-order chi connectivity index (χ1) is 16.1. The van der Waals surface area contributed by atoms with E-state index in [9.17, 15) is 9.59 Å². The number of nitrogens with zero attached hydrogens (tertiary/aromatic N) is 2. The zero-order valence-corrected chi connectivity index (χ0v) is 22.4. The van der Waals surface area contributed by atoms with Crippen molar-refractivity contribution >= 4 is 17.6 Å². The van der Waals surface area contributed by atoms with E-state index in [0.717, 1.165) is 55.7 Å². The van der Waals surface area contributed by atoms with Gasteiger partial charge in [-0.2, -0.15) is 0 Å². The van der Waals surface area contributed by atoms with Gasteiger partial charge in [-0.25, -0.2) is 4.79 Å². The number of carbonyl (C=O) groups excluding carboxylic acids is 2. The van der Waals surface area contributed by atoms with Crippen molar-refractivity contribution in [2.75, 3.05) is 20.1 Å². The molecule has 7 atom stereocenters. The van der Waals surface area contributed by atoms with E-state index in [2.05, 4.69) is 31.2 Å². The first kappa shape index (κ1) is 25.7. The predicted molar refractivity (Wildman–Crippen MR) is 136 cm³/mol. The average Bonchev–Trinajstić information content (AvgIpc) is 3.15. The van der Waals surface area contributed by atoms with Crippen LogP contribution in [-0.2, 0) is 9.63 Å². The molecule has 1 N–H and O–H groups in total. The van der Waals surface area contributed by atoms with E-state index < -0.39 is 0 Å². The van der Waals surface area contributed by atoms with Gasteiger partial charge in [0.05, 0.1) is 5.71 Å². The molecule has 0 aliphatic heterocycles. The van der Waals surface area contributed by atoms with Crippen LogP contribution in [0.2, 0.25) is 0 Å². The number of Topliss-reactive ketones (excluding diaryl/α,β-unsaturated/α-hetero) is 1. The lowest BCUT2D eigenvalue weighted by Gasteiger charge is -2.60. The van der Waals surface area contributed by atoms with E-state index in [0.29, 0.717) is 29.6 Å². The lowest BCUT2D eigenvalue weighted by molar-refractivity contribution is -0.138. The Bertz CT molecular complexity index is 811. The van der Waals surface area contributed by atoms with Crippen LogP contribution < -0.4 is 5.32 Å². The van der Waals surface area contributed by atoms with Gasteiger partial charge in [-0.15, -0.1) is 0 Å². The summed E-state index contributed by atoms with van der Waals surface area (Å²) in [6, 6.07) is 0.0755. The summed E-state index contributed by atoms with van der Waals surface area (Å²) in [6.07, 6.45) is 9.75. The fourth-order valence-corrected chi connectivity index (χ4v) is 8.75. The van der Waals surface area contributed by atoms with E-state index in [1.54, 1.807) is 4.90 Å². The summed E-state index contributed by atoms with van der Waals surface area (Å²) >= 11 is 0. The third kappa shape index (κ3) is 4.44. The molecule has 0 saturated heterocycles. The van der Waals surface area contributed by atoms with E-state index in [4.69, 9.17) is 4.84 Å². The topological polar surface area (TPSA) is 71.0 Å². The summed E-state index contributed by atoms with van der Waals surface area (Å²) < 4.78 is 0. The van der Waals surface area contributed by atoms with Crippen LogP contribution in [0.3, 0.4) is 0 Å². The third-order valence-corrected chi connectivity index (χ3v) is 10.7. The number of carbonyl (C=O) groups is 2. The van der Waals surface area contributed by atoms with Gasteiger partial charge < -0.3 is 10.2 Å². The number of hydrogen-bond donors (Lipinski definition) is 1. The number of oxime groups is 1. The number of rotatable bonds is 6. The molecule has 4 rings (SSSR count). The minimum absolute atomic E-state index is 0.0755. The van der Waals surface area contributed by atoms with Crippen LogP contribution in [0.25, 0.3) is 0 Å². The van der Waals surface area contributed by atoms with E-state index >= 15 is 0 Å². The Morgan fingerprint density at radius 2 is 1.85 bits per heavy atom. The van der Waals surface area contributed by atoms with Crippen LogP contribution >= 0.6 is 0 Å². The molecule has 0 unspecified atom stereocenters. The van der Waals surface area contributed by atoms with E-state index in [1.165, 1.54) is 32.1 Å². The lowest BCUT2D eigenvalue weighted by Crippen LogP contribution is -2.53. The molecule has 0 aromatic carbocycles. The monoisotopic (exact) mass is 473 g/mol. The summed E-state index contributed by atoms with van der Waals surface area (Å²) in [5, 5.41) is 7.51. The van der Waals surface area contributed by atoms with Crippen molar-refractivity contribution in [1.82, 2.24) is 10.2 Å². The zero-order valence-electron chi connectivity index (χ0n) is 22.4. The van der Waals surface area contributed by atoms with Gasteiger partial charge in [-0.1, -0.05) is 19.0 Å². The number of fused-ring (bicyclic) bond motifs is 5. The fourth-order valence-electron chi connectivity index (χ4n) is 8.75. The maximum absolute atomic E-state index is 12.7. The van der Waals surface area contributed by atoms with E-state index in [1.807, 2.05) is 20.9 Å². The number of ketones is 1. The number of nitrogens with one attached hydrogen (secondary N) is 1. The van der Waals surface area contributed by atoms with Gasteiger partial charge in [0.2, 0.25) is 0 Å². The highest BCUT2D eigenvalue weighted by Crippen LogP contribution is 2.67. The van der Waals surface area contributed by atoms with E-state index in [-0.39, 0.29) is 17.6 Å². The Hall–Kier alpha value is -1.43. The molecule has 1 amide bonds. The summed E-state index contributed by atoms with van der Waals surface area (Å²) in [4.78, 5) is 32.1. The number of likely N-dealkylation sites (N-methyl/N-ethyl adjacent to an activating group) is 1. The van der Waals surface area contributed by atoms with Crippen LogP contribution in [-0.4, -0.2) is 48.7 Å². The van der Waals surface area contributed by atoms with Crippen LogP contribution in [0.5, 0.6) is 0 Å². The minimum Gasteiger partial charge on any atom is -0.318 e. The van der Waals surface area contributed by atoms with Crippen molar-refractivity contribution in [3.05, 3.63) is 0 Å². The van der Waals surface area contributed by atoms with Gasteiger partial charge in [0.1, 0.15) is 5.78 Å². The zero-order chi connectivity index (χ0) is 24.7. The SMILES string of the molecule is CNCCN(C(=O)O/N=C(\C)[C@H]1CC[C@H]2[C@@H]3CC[C@H]4CC(=O)CC[C@]4(C)[C@H]3CC[C@]12C)C(C)C. The molecule has 0 aromatic heterocycles. The summed E-state index contributed by atoms with van der Waals surface area (Å²) in [5.41, 5.74) is 1.57. The fraction of sp³-hybridized carbons (Fsp3) is 0.893. The predicted octanol–water partition coefficient (Wildman–Crippen LogP) is 5.66. The van der Waals surface area contributed by atoms with Gasteiger partial charge >= 0.3 is 6.09 Å². The van der Waals surface area contributed by atoms with Crippen molar-refractivity contribution in [3.63, 3.8) is 0 Å². The second-order valence-electron chi connectivity index (χ2n) is 12.6. The Balaban J connectivity index is 1.45. The molecule has 34 heavy (non-hydrogen) atoms. The molecular formula is C28H47N3O3. The highest BCUT2D eigenvalue weighted by Gasteiger charge is 2.60. The van der Waals surface area contributed by atoms with Gasteiger partial charge in [0, 0.05) is 37.9 Å². The Kier molecular flexibility index (Phi) is 7.48. The molecule has 0 radical (unpaired) electrons. The maximum Gasteiger partial charge on any atom is 0.436 e. The number of hydrogen-bond acceptors (Lipinski definition) is 5. The highest BCUT2D eigenvalue weighted by atomic mass is 16.7. The third-order valence-electron chi connectivity index (χ3n) is 10.7. The Labute approximate surface area is 206 Å². The average molecular weight is 474 g/mol. The van der Waals surface area contributed by atoms with Gasteiger partial charge in [0.25, 0.3) is 0 Å². The highest BCUT2D eigenvalue weighted by molar-refractivity contribution is 5.85. The van der Waals surface area contributed by atoms with Gasteiger partial charge in [0.15, 0.2) is 0 Å². The summed E-state index contributed by atoms with van der Waals surface area (Å²) in [7, 11) is 1.89. The van der Waals surface area contributed by atoms with Gasteiger partial charge in [-0.05, 0) is 107 Å². The van der Waals surface area contributed by atoms with Crippen molar-refractivity contribution in [2.45, 2.75) is 98.4 Å². The molecule has 0 spiro atoms. The minimum atomic E-state index is -0.355. The standard InChI is InChI=1S/C28H47N3O3/c1-18(2)31(16-15-29-6)26(33)34-30-19(3)23-9-10-24-22-8-7-20-17-21(32)11-13-27(20,4)25(22)12-14-28(23,24)5/h18,20,22-25,29H,7-17H2,1-6H3/b30-19+/t20-,22-,23+,24-,25-,27-,28+/m0/s1. The smallest absolute Gasteiger partial charge is 0.318 e. The van der Waals surface area contributed by atoms with Crippen molar-refractivity contribution in [2.24, 2.45) is 45.6 Å². The quantitative estimate of drug-likeness (QED) is 0.307. The second kappa shape index (κ2) is 9.91. The van der Waals surface area contributed by atoms with Crippen LogP contribution in [0.1, 0.15) is 92.4 Å². The molecule has 4 aliphatic carbocycles. The second-order valence-corrected chi connectivity index (χ2v) is 12.6. The molecular weight excluding hydrogens is 426 g/mol. The molecule has 0 bridgehead atoms. The summed E-state index contributed by atoms with van der Waals surface area (Å²) in [5.74, 6) is 3.73. The van der Waals surface area contributed by atoms with Crippen molar-refractivity contribution < 1.29 is 14.4 Å². The van der Waals surface area contributed by atoms with Crippen LogP contribution in [0.15, 0.2) is 5.16 Å². The molecule has 6 nitrogen and oxygen atoms in total. The molecule has 4 saturated carbocycles. The normalized spacial score (nSPS) is 39.9. The largest absolute Gasteiger partial charge is 0.436 e. The van der Waals surface area contributed by atoms with Crippen LogP contribution in [0.4, 0.5) is 4.79 Å². The first-order valence-corrected chi connectivity index (χ1v) is 13.8. The van der Waals surface area contributed by atoms with Gasteiger partial charge in [-0.3, -0.25) is 9.63 Å². The molecule has 4 aliphatic rings. The Morgan fingerprint density at radius 3 is 2.56 bits per heavy atom.